The van der Waals surface area contributed by atoms with Gasteiger partial charge in [0.1, 0.15) is 10.9 Å². The molecule has 18 heavy (non-hydrogen) atoms. The molecule has 0 saturated heterocycles. The van der Waals surface area contributed by atoms with Crippen molar-refractivity contribution in [2.45, 2.75) is 17.9 Å². The summed E-state index contributed by atoms with van der Waals surface area (Å²) in [6.45, 7) is 1.15. The molecular formula is C8H9N3O6S. The largest absolute Gasteiger partial charge is 0.480 e. The van der Waals surface area contributed by atoms with Crippen LogP contribution < -0.4 is 4.72 Å². The van der Waals surface area contributed by atoms with Crippen molar-refractivity contribution in [2.75, 3.05) is 0 Å². The SMILES string of the molecule is C[C@@H](NS(=O)(=O)c1ccc([N+](=O)[O-])nc1)C(=O)O. The van der Waals surface area contributed by atoms with Crippen LogP contribution in [0.25, 0.3) is 0 Å². The van der Waals surface area contributed by atoms with Crippen molar-refractivity contribution in [1.29, 1.82) is 0 Å². The lowest BCUT2D eigenvalue weighted by Gasteiger charge is -2.08. The Morgan fingerprint density at radius 1 is 1.56 bits per heavy atom. The van der Waals surface area contributed by atoms with E-state index < -0.39 is 32.8 Å². The molecule has 9 nitrogen and oxygen atoms in total. The second-order valence-corrected chi connectivity index (χ2v) is 5.00. The standard InChI is InChI=1S/C8H9N3O6S/c1-5(8(12)13)10-18(16,17)6-2-3-7(9-4-6)11(14)15/h2-5,10H,1H3,(H,12,13)/t5-/m1/s1. The fourth-order valence-electron chi connectivity index (χ4n) is 0.991. The average molecular weight is 275 g/mol. The summed E-state index contributed by atoms with van der Waals surface area (Å²) in [6, 6.07) is 0.576. The lowest BCUT2D eigenvalue weighted by molar-refractivity contribution is -0.389. The van der Waals surface area contributed by atoms with Gasteiger partial charge in [-0.1, -0.05) is 0 Å². The normalized spacial score (nSPS) is 12.9. The van der Waals surface area contributed by atoms with Crippen LogP contribution in [0, 0.1) is 10.1 Å². The Morgan fingerprint density at radius 2 is 2.17 bits per heavy atom. The number of hydrogen-bond acceptors (Lipinski definition) is 6. The van der Waals surface area contributed by atoms with Crippen LogP contribution in [0.2, 0.25) is 0 Å². The van der Waals surface area contributed by atoms with Gasteiger partial charge in [0.2, 0.25) is 10.0 Å². The van der Waals surface area contributed by atoms with Crippen molar-refractivity contribution >= 4 is 21.8 Å². The molecule has 10 heteroatoms. The maximum atomic E-state index is 11.6. The molecular weight excluding hydrogens is 266 g/mol. The van der Waals surface area contributed by atoms with E-state index in [1.165, 1.54) is 0 Å². The highest BCUT2D eigenvalue weighted by atomic mass is 32.2. The maximum Gasteiger partial charge on any atom is 0.363 e. The van der Waals surface area contributed by atoms with Crippen LogP contribution in [0.1, 0.15) is 6.92 Å². The predicted octanol–water partition coefficient (Wildman–Crippen LogP) is -0.259. The number of carboxylic acids is 1. The first-order chi connectivity index (χ1) is 8.24. The Hall–Kier alpha value is -2.07. The second-order valence-electron chi connectivity index (χ2n) is 3.29. The third-order valence-corrected chi connectivity index (χ3v) is 3.45. The van der Waals surface area contributed by atoms with E-state index in [4.69, 9.17) is 5.11 Å². The van der Waals surface area contributed by atoms with E-state index in [2.05, 4.69) is 4.98 Å². The molecule has 0 bridgehead atoms. The summed E-state index contributed by atoms with van der Waals surface area (Å²) in [4.78, 5) is 23.1. The fourth-order valence-corrected chi connectivity index (χ4v) is 2.13. The highest BCUT2D eigenvalue weighted by Crippen LogP contribution is 2.12. The van der Waals surface area contributed by atoms with Gasteiger partial charge < -0.3 is 15.2 Å². The highest BCUT2D eigenvalue weighted by molar-refractivity contribution is 7.89. The van der Waals surface area contributed by atoms with Gasteiger partial charge >= 0.3 is 11.8 Å². The molecule has 2 N–H and O–H groups in total. The van der Waals surface area contributed by atoms with E-state index in [0.717, 1.165) is 25.3 Å². The Balaban J connectivity index is 2.99. The van der Waals surface area contributed by atoms with Crippen molar-refractivity contribution in [3.63, 3.8) is 0 Å². The highest BCUT2D eigenvalue weighted by Gasteiger charge is 2.23. The van der Waals surface area contributed by atoms with Crippen LogP contribution in [0.5, 0.6) is 0 Å². The van der Waals surface area contributed by atoms with Crippen molar-refractivity contribution in [1.82, 2.24) is 9.71 Å². The van der Waals surface area contributed by atoms with Crippen LogP contribution in [0.15, 0.2) is 23.2 Å². The number of nitrogens with zero attached hydrogens (tertiary/aromatic N) is 2. The zero-order chi connectivity index (χ0) is 13.9. The van der Waals surface area contributed by atoms with Gasteiger partial charge in [0.25, 0.3) is 0 Å². The first-order valence-corrected chi connectivity index (χ1v) is 6.08. The molecule has 98 valence electrons. The molecule has 0 fully saturated rings. The molecule has 0 aliphatic heterocycles. The van der Waals surface area contributed by atoms with E-state index in [0.29, 0.717) is 0 Å². The van der Waals surface area contributed by atoms with E-state index in [9.17, 15) is 23.3 Å². The topological polar surface area (TPSA) is 140 Å². The van der Waals surface area contributed by atoms with Crippen LogP contribution >= 0.6 is 0 Å². The Bertz CT molecular complexity index is 567. The molecule has 0 unspecified atom stereocenters. The number of nitro groups is 1. The van der Waals surface area contributed by atoms with Gasteiger partial charge in [-0.05, 0) is 22.9 Å². The molecule has 1 aromatic heterocycles. The molecule has 0 spiro atoms. The number of rotatable bonds is 5. The predicted molar refractivity (Wildman–Crippen MR) is 58.3 cm³/mol. The molecule has 1 rings (SSSR count). The minimum Gasteiger partial charge on any atom is -0.480 e. The molecule has 0 amide bonds. The van der Waals surface area contributed by atoms with E-state index in [1.807, 2.05) is 4.72 Å². The summed E-state index contributed by atoms with van der Waals surface area (Å²) < 4.78 is 25.2. The van der Waals surface area contributed by atoms with E-state index in [1.54, 1.807) is 0 Å². The summed E-state index contributed by atoms with van der Waals surface area (Å²) in [5, 5.41) is 18.9. The zero-order valence-electron chi connectivity index (χ0n) is 9.10. The summed E-state index contributed by atoms with van der Waals surface area (Å²) in [5.41, 5.74) is 0. The van der Waals surface area contributed by atoms with Gasteiger partial charge in [0.05, 0.1) is 0 Å². The number of carbonyl (C=O) groups is 1. The van der Waals surface area contributed by atoms with Crippen LogP contribution in [0.3, 0.4) is 0 Å². The zero-order valence-corrected chi connectivity index (χ0v) is 9.92. The van der Waals surface area contributed by atoms with Crippen LogP contribution in [-0.4, -0.2) is 35.4 Å². The first-order valence-electron chi connectivity index (χ1n) is 4.59. The Labute approximate surface area is 102 Å². The van der Waals surface area contributed by atoms with Crippen molar-refractivity contribution in [3.8, 4) is 0 Å². The van der Waals surface area contributed by atoms with Crippen molar-refractivity contribution in [2.24, 2.45) is 0 Å². The lowest BCUT2D eigenvalue weighted by Crippen LogP contribution is -2.38. The van der Waals surface area contributed by atoms with E-state index >= 15 is 0 Å². The van der Waals surface area contributed by atoms with Crippen LogP contribution in [-0.2, 0) is 14.8 Å². The molecule has 0 aliphatic carbocycles. The Morgan fingerprint density at radius 3 is 2.56 bits per heavy atom. The molecule has 1 aromatic rings. The molecule has 1 heterocycles. The summed E-state index contributed by atoms with van der Waals surface area (Å²) in [5.74, 6) is -1.84. The number of aromatic nitrogens is 1. The number of nitrogens with one attached hydrogen (secondary N) is 1. The first kappa shape index (κ1) is 14.0. The van der Waals surface area contributed by atoms with Gasteiger partial charge in [0.15, 0.2) is 6.20 Å². The summed E-state index contributed by atoms with van der Waals surface area (Å²) in [6.07, 6.45) is 0.787. The summed E-state index contributed by atoms with van der Waals surface area (Å²) in [7, 11) is -4.06. The van der Waals surface area contributed by atoms with Gasteiger partial charge in [-0.25, -0.2) is 8.42 Å². The molecule has 0 aromatic carbocycles. The smallest absolute Gasteiger partial charge is 0.363 e. The van der Waals surface area contributed by atoms with Gasteiger partial charge in [0, 0.05) is 6.07 Å². The monoisotopic (exact) mass is 275 g/mol. The third kappa shape index (κ3) is 3.21. The second kappa shape index (κ2) is 5.06. The maximum absolute atomic E-state index is 11.6. The molecule has 0 radical (unpaired) electrons. The van der Waals surface area contributed by atoms with Gasteiger partial charge in [-0.3, -0.25) is 4.79 Å². The van der Waals surface area contributed by atoms with Crippen molar-refractivity contribution < 1.29 is 23.2 Å². The minimum absolute atomic E-state index is 0.346. The number of hydrogen-bond donors (Lipinski definition) is 2. The molecule has 1 atom stereocenters. The number of carboxylic acid groups (broad SMARTS) is 1. The quantitative estimate of drug-likeness (QED) is 0.557. The van der Waals surface area contributed by atoms with Gasteiger partial charge in [-0.15, -0.1) is 0 Å². The average Bonchev–Trinajstić information content (AvgIpc) is 2.28. The van der Waals surface area contributed by atoms with Crippen LogP contribution in [0.4, 0.5) is 5.82 Å². The van der Waals surface area contributed by atoms with Crippen molar-refractivity contribution in [3.05, 3.63) is 28.4 Å². The fraction of sp³-hybridized carbons (Fsp3) is 0.250. The Kier molecular flexibility index (Phi) is 3.93. The lowest BCUT2D eigenvalue weighted by atomic mass is 10.4. The third-order valence-electron chi connectivity index (χ3n) is 1.92. The minimum atomic E-state index is -4.06. The number of aliphatic carboxylic acids is 1. The van der Waals surface area contributed by atoms with Gasteiger partial charge in [-0.2, -0.15) is 4.72 Å². The molecule has 0 saturated carbocycles. The number of sulfonamides is 1. The summed E-state index contributed by atoms with van der Waals surface area (Å²) >= 11 is 0. The van der Waals surface area contributed by atoms with E-state index in [-0.39, 0.29) is 4.90 Å². The number of pyridine rings is 1. The molecule has 0 aliphatic rings.